The van der Waals surface area contributed by atoms with Crippen molar-refractivity contribution in [1.82, 2.24) is 15.3 Å². The second kappa shape index (κ2) is 7.50. The van der Waals surface area contributed by atoms with Gasteiger partial charge in [-0.1, -0.05) is 12.1 Å². The summed E-state index contributed by atoms with van der Waals surface area (Å²) >= 11 is 0. The van der Waals surface area contributed by atoms with E-state index in [1.807, 2.05) is 38.1 Å². The maximum atomic E-state index is 13.5. The van der Waals surface area contributed by atoms with Crippen LogP contribution in [0.5, 0.6) is 0 Å². The summed E-state index contributed by atoms with van der Waals surface area (Å²) in [7, 11) is 0. The molecule has 2 atom stereocenters. The van der Waals surface area contributed by atoms with Gasteiger partial charge in [0.15, 0.2) is 0 Å². The van der Waals surface area contributed by atoms with E-state index in [9.17, 15) is 9.18 Å². The van der Waals surface area contributed by atoms with Crippen LogP contribution in [0.3, 0.4) is 0 Å². The largest absolute Gasteiger partial charge is 0.352 e. The lowest BCUT2D eigenvalue weighted by Crippen LogP contribution is -2.32. The lowest BCUT2D eigenvalue weighted by atomic mass is 9.86. The Bertz CT molecular complexity index is 1020. The van der Waals surface area contributed by atoms with Crippen LogP contribution >= 0.6 is 0 Å². The highest BCUT2D eigenvalue weighted by molar-refractivity contribution is 5.78. The smallest absolute Gasteiger partial charge is 0.220 e. The lowest BCUT2D eigenvalue weighted by Gasteiger charge is -2.24. The van der Waals surface area contributed by atoms with Crippen molar-refractivity contribution >= 4 is 5.91 Å². The Hall–Kier alpha value is -3.08. The molecule has 4 nitrogen and oxygen atoms in total. The molecule has 1 aromatic carbocycles. The third kappa shape index (κ3) is 3.79. The highest BCUT2D eigenvalue weighted by Gasteiger charge is 2.32. The van der Waals surface area contributed by atoms with E-state index >= 15 is 0 Å². The van der Waals surface area contributed by atoms with Gasteiger partial charge in [0.25, 0.3) is 0 Å². The van der Waals surface area contributed by atoms with Crippen molar-refractivity contribution in [1.29, 1.82) is 0 Å². The Kier molecular flexibility index (Phi) is 4.90. The Morgan fingerprint density at radius 2 is 1.79 bits per heavy atom. The number of hydrogen-bond donors (Lipinski definition) is 1. The molecule has 1 N–H and O–H groups in total. The van der Waals surface area contributed by atoms with Gasteiger partial charge in [-0.25, -0.2) is 4.39 Å². The zero-order valence-electron chi connectivity index (χ0n) is 15.9. The molecule has 0 bridgehead atoms. The van der Waals surface area contributed by atoms with Gasteiger partial charge in [-0.05, 0) is 73.4 Å². The summed E-state index contributed by atoms with van der Waals surface area (Å²) in [6.45, 7) is 4.05. The Labute approximate surface area is 163 Å². The summed E-state index contributed by atoms with van der Waals surface area (Å²) in [5.74, 6) is -0.374. The van der Waals surface area contributed by atoms with Crippen LogP contribution in [0.2, 0.25) is 0 Å². The zero-order chi connectivity index (χ0) is 19.7. The molecule has 0 radical (unpaired) electrons. The fourth-order valence-electron chi connectivity index (χ4n) is 3.83. The van der Waals surface area contributed by atoms with E-state index in [1.165, 1.54) is 12.1 Å². The van der Waals surface area contributed by atoms with Crippen LogP contribution < -0.4 is 5.32 Å². The number of nitrogens with one attached hydrogen (secondary N) is 1. The van der Waals surface area contributed by atoms with Gasteiger partial charge in [0, 0.05) is 24.6 Å². The van der Waals surface area contributed by atoms with E-state index < -0.39 is 0 Å². The summed E-state index contributed by atoms with van der Waals surface area (Å²) in [6, 6.07) is 14.4. The molecule has 0 unspecified atom stereocenters. The van der Waals surface area contributed by atoms with Crippen molar-refractivity contribution in [2.24, 2.45) is 0 Å². The first-order chi connectivity index (χ1) is 13.5. The van der Waals surface area contributed by atoms with Crippen molar-refractivity contribution < 1.29 is 9.18 Å². The number of benzene rings is 1. The van der Waals surface area contributed by atoms with Crippen molar-refractivity contribution in [2.75, 3.05) is 0 Å². The van der Waals surface area contributed by atoms with Gasteiger partial charge in [-0.2, -0.15) is 0 Å². The summed E-state index contributed by atoms with van der Waals surface area (Å²) in [6.07, 6.45) is 3.01. The average Bonchev–Trinajstić information content (AvgIpc) is 3.09. The minimum Gasteiger partial charge on any atom is -0.352 e. The monoisotopic (exact) mass is 375 g/mol. The third-order valence-corrected chi connectivity index (χ3v) is 5.15. The van der Waals surface area contributed by atoms with E-state index in [2.05, 4.69) is 10.3 Å². The van der Waals surface area contributed by atoms with Gasteiger partial charge in [0.2, 0.25) is 5.91 Å². The average molecular weight is 375 g/mol. The van der Waals surface area contributed by atoms with Crippen LogP contribution in [0.15, 0.2) is 54.7 Å². The molecule has 1 aliphatic heterocycles. The Morgan fingerprint density at radius 1 is 1.04 bits per heavy atom. The summed E-state index contributed by atoms with van der Waals surface area (Å²) < 4.78 is 13.5. The predicted octanol–water partition coefficient (Wildman–Crippen LogP) is 4.31. The Balaban J connectivity index is 1.81. The quantitative estimate of drug-likeness (QED) is 0.739. The predicted molar refractivity (Wildman–Crippen MR) is 106 cm³/mol. The first kappa shape index (κ1) is 18.3. The molecular formula is C23H22FN3O. The van der Waals surface area contributed by atoms with Crippen LogP contribution in [-0.2, 0) is 4.79 Å². The molecule has 1 fully saturated rings. The molecule has 2 aromatic heterocycles. The molecule has 0 spiro atoms. The zero-order valence-corrected chi connectivity index (χ0v) is 15.9. The van der Waals surface area contributed by atoms with Gasteiger partial charge in [0.1, 0.15) is 5.82 Å². The number of carbonyl (C=O) groups excluding carboxylic acids is 1. The number of nitrogens with zero attached hydrogens (tertiary/aromatic N) is 2. The Morgan fingerprint density at radius 3 is 2.46 bits per heavy atom. The number of aryl methyl sites for hydroxylation is 2. The topological polar surface area (TPSA) is 54.9 Å². The third-order valence-electron chi connectivity index (χ3n) is 5.15. The van der Waals surface area contributed by atoms with Gasteiger partial charge < -0.3 is 5.32 Å². The molecule has 5 heteroatoms. The molecule has 0 saturated carbocycles. The summed E-state index contributed by atoms with van der Waals surface area (Å²) in [5, 5.41) is 3.07. The lowest BCUT2D eigenvalue weighted by molar-refractivity contribution is -0.119. The fraction of sp³-hybridized carbons (Fsp3) is 0.261. The molecule has 3 heterocycles. The van der Waals surface area contributed by atoms with Gasteiger partial charge in [-0.3, -0.25) is 14.8 Å². The highest BCUT2D eigenvalue weighted by atomic mass is 19.1. The second-order valence-electron chi connectivity index (χ2n) is 7.41. The number of aromatic nitrogens is 2. The van der Waals surface area contributed by atoms with Crippen LogP contribution in [0.4, 0.5) is 4.39 Å². The first-order valence-corrected chi connectivity index (χ1v) is 9.46. The first-order valence-electron chi connectivity index (χ1n) is 9.46. The van der Waals surface area contributed by atoms with Crippen molar-refractivity contribution in [3.63, 3.8) is 0 Å². The maximum absolute atomic E-state index is 13.5. The molecule has 1 aliphatic rings. The number of amides is 1. The second-order valence-corrected chi connectivity index (χ2v) is 7.41. The van der Waals surface area contributed by atoms with Crippen molar-refractivity contribution in [2.45, 2.75) is 38.6 Å². The number of pyridine rings is 2. The van der Waals surface area contributed by atoms with Crippen LogP contribution in [0, 0.1) is 19.7 Å². The molecule has 28 heavy (non-hydrogen) atoms. The van der Waals surface area contributed by atoms with E-state index in [0.717, 1.165) is 40.2 Å². The van der Waals surface area contributed by atoms with E-state index in [-0.39, 0.29) is 23.7 Å². The molecule has 3 aromatic rings. The normalized spacial score (nSPS) is 17.4. The summed E-state index contributed by atoms with van der Waals surface area (Å²) in [5.41, 5.74) is 5.60. The fourth-order valence-corrected chi connectivity index (χ4v) is 3.83. The van der Waals surface area contributed by atoms with Gasteiger partial charge >= 0.3 is 0 Å². The highest BCUT2D eigenvalue weighted by Crippen LogP contribution is 2.33. The number of rotatable bonds is 4. The summed E-state index contributed by atoms with van der Waals surface area (Å²) in [4.78, 5) is 21.2. The molecule has 0 aliphatic carbocycles. The number of halogens is 1. The van der Waals surface area contributed by atoms with Crippen LogP contribution in [0.25, 0.3) is 11.4 Å². The number of carbonyl (C=O) groups is 1. The van der Waals surface area contributed by atoms with Gasteiger partial charge in [0.05, 0.1) is 17.1 Å². The minimum absolute atomic E-state index is 0.0466. The van der Waals surface area contributed by atoms with Crippen molar-refractivity contribution in [3.05, 3.63) is 82.9 Å². The van der Waals surface area contributed by atoms with Crippen LogP contribution in [0.1, 0.15) is 41.1 Å². The van der Waals surface area contributed by atoms with E-state index in [0.29, 0.717) is 6.42 Å². The van der Waals surface area contributed by atoms with Crippen LogP contribution in [-0.4, -0.2) is 21.9 Å². The SMILES string of the molecule is Cc1ccnc(-c2cc(C)cc([C@H](c3ccc(F)cc3)[C@H]3CCC(=O)N3)n2)c1. The van der Waals surface area contributed by atoms with E-state index in [1.54, 1.807) is 18.3 Å². The molecule has 4 rings (SSSR count). The molecule has 142 valence electrons. The minimum atomic E-state index is -0.278. The van der Waals surface area contributed by atoms with Crippen molar-refractivity contribution in [3.8, 4) is 11.4 Å². The van der Waals surface area contributed by atoms with E-state index in [4.69, 9.17) is 4.98 Å². The molecule has 1 amide bonds. The standard InChI is InChI=1S/C23H22FN3O/c1-14-9-10-25-19(11-14)20-12-15(2)13-21(26-20)23(18-7-8-22(28)27-18)16-3-5-17(24)6-4-16/h3-6,9-13,18,23H,7-8H2,1-2H3,(H,27,28)/t18-,23-/m1/s1. The van der Waals surface area contributed by atoms with Gasteiger partial charge in [-0.15, -0.1) is 0 Å². The maximum Gasteiger partial charge on any atom is 0.220 e. The molecular weight excluding hydrogens is 353 g/mol. The molecule has 1 saturated heterocycles. The number of hydrogen-bond acceptors (Lipinski definition) is 3.